The Bertz CT molecular complexity index is 1780. The summed E-state index contributed by atoms with van der Waals surface area (Å²) < 4.78 is 2.73. The van der Waals surface area contributed by atoms with Gasteiger partial charge in [-0.15, -0.1) is 17.9 Å². The van der Waals surface area contributed by atoms with Crippen LogP contribution in [0.2, 0.25) is 0 Å². The molecule has 0 atom stereocenters. The molecule has 4 aromatic rings. The maximum absolute atomic E-state index is 14.1. The number of carbonyl (C=O) groups excluding carboxylic acids is 1. The average molecular weight is 555 g/mol. The van der Waals surface area contributed by atoms with Crippen molar-refractivity contribution in [3.05, 3.63) is 117 Å². The predicted octanol–water partition coefficient (Wildman–Crippen LogP) is 4.35. The summed E-state index contributed by atoms with van der Waals surface area (Å²) in [6.45, 7) is 4.13. The largest absolute Gasteiger partial charge is 0.337 e. The number of thiazole rings is 1. The van der Waals surface area contributed by atoms with E-state index in [1.54, 1.807) is 27.3 Å². The van der Waals surface area contributed by atoms with E-state index < -0.39 is 0 Å². The van der Waals surface area contributed by atoms with Crippen LogP contribution in [0.15, 0.2) is 107 Å². The second-order valence-electron chi connectivity index (χ2n) is 8.65. The first-order valence-corrected chi connectivity index (χ1v) is 13.9. The first-order valence-electron chi connectivity index (χ1n) is 11.9. The van der Waals surface area contributed by atoms with Gasteiger partial charge < -0.3 is 4.90 Å². The third kappa shape index (κ3) is 3.82. The molecule has 0 saturated carbocycles. The monoisotopic (exact) mass is 554 g/mol. The van der Waals surface area contributed by atoms with E-state index >= 15 is 0 Å². The summed E-state index contributed by atoms with van der Waals surface area (Å²) in [6.07, 6.45) is 1.67. The zero-order valence-electron chi connectivity index (χ0n) is 20.4. The number of amides is 1. The third-order valence-electron chi connectivity index (χ3n) is 6.37. The van der Waals surface area contributed by atoms with E-state index in [9.17, 15) is 9.59 Å². The van der Waals surface area contributed by atoms with Gasteiger partial charge >= 0.3 is 0 Å². The summed E-state index contributed by atoms with van der Waals surface area (Å²) in [5.41, 5.74) is 2.65. The van der Waals surface area contributed by atoms with Gasteiger partial charge in [0.2, 0.25) is 0 Å². The highest BCUT2D eigenvalue weighted by molar-refractivity contribution is 8.08. The Morgan fingerprint density at radius 3 is 2.11 bits per heavy atom. The normalized spacial score (nSPS) is 17.9. The first-order chi connectivity index (χ1) is 18.5. The molecule has 0 aliphatic carbocycles. The van der Waals surface area contributed by atoms with Crippen molar-refractivity contribution >= 4 is 74.1 Å². The molecular weight excluding hydrogens is 533 g/mol. The highest BCUT2D eigenvalue weighted by atomic mass is 32.2. The predicted molar refractivity (Wildman–Crippen MR) is 161 cm³/mol. The summed E-state index contributed by atoms with van der Waals surface area (Å²) in [4.78, 5) is 34.4. The first kappa shape index (κ1) is 24.4. The highest BCUT2D eigenvalue weighted by Gasteiger charge is 2.41. The molecule has 6 nitrogen and oxygen atoms in total. The number of nitrogens with zero attached hydrogens (tertiary/aromatic N) is 4. The van der Waals surface area contributed by atoms with Crippen molar-refractivity contribution in [2.45, 2.75) is 11.4 Å². The topological polar surface area (TPSA) is 48.8 Å². The lowest BCUT2D eigenvalue weighted by Gasteiger charge is -2.20. The number of thiocarbonyl (C=S) groups is 1. The number of fused-ring (bicyclic) bond motifs is 1. The van der Waals surface area contributed by atoms with E-state index in [0.29, 0.717) is 25.7 Å². The molecule has 2 aliphatic heterocycles. The van der Waals surface area contributed by atoms with Crippen LogP contribution >= 0.6 is 35.3 Å². The van der Waals surface area contributed by atoms with Crippen molar-refractivity contribution in [2.24, 2.45) is 0 Å². The average Bonchev–Trinajstić information content (AvgIpc) is 3.53. The number of hydrogen-bond donors (Lipinski definition) is 0. The minimum Gasteiger partial charge on any atom is -0.337 e. The van der Waals surface area contributed by atoms with Gasteiger partial charge in [0.1, 0.15) is 19.9 Å². The molecular formula is C29H22N4O2S3. The van der Waals surface area contributed by atoms with Crippen molar-refractivity contribution in [1.29, 1.82) is 0 Å². The Balaban J connectivity index is 1.67. The van der Waals surface area contributed by atoms with Crippen molar-refractivity contribution < 1.29 is 4.79 Å². The van der Waals surface area contributed by atoms with E-state index in [1.165, 1.54) is 16.2 Å². The van der Waals surface area contributed by atoms with Crippen LogP contribution in [0.1, 0.15) is 0 Å². The number of aromatic nitrogens is 1. The van der Waals surface area contributed by atoms with Gasteiger partial charge in [-0.2, -0.15) is 0 Å². The molecule has 2 aliphatic rings. The van der Waals surface area contributed by atoms with Gasteiger partial charge in [-0.3, -0.25) is 24.0 Å². The minimum atomic E-state index is -0.281. The van der Waals surface area contributed by atoms with Gasteiger partial charge in [-0.25, -0.2) is 0 Å². The van der Waals surface area contributed by atoms with Gasteiger partial charge in [0, 0.05) is 24.2 Å². The second kappa shape index (κ2) is 9.75. The van der Waals surface area contributed by atoms with Crippen LogP contribution in [-0.2, 0) is 11.3 Å². The second-order valence-corrected chi connectivity index (χ2v) is 11.0. The third-order valence-corrected chi connectivity index (χ3v) is 9.28. The number of allylic oxidation sites excluding steroid dienone is 1. The Labute approximate surface area is 233 Å². The van der Waals surface area contributed by atoms with E-state index in [-0.39, 0.29) is 18.0 Å². The number of hydrogen-bond acceptors (Lipinski definition) is 6. The van der Waals surface area contributed by atoms with Gasteiger partial charge in [-0.1, -0.05) is 66.4 Å². The molecule has 1 aromatic heterocycles. The molecule has 0 N–H and O–H groups in total. The molecule has 0 unspecified atom stereocenters. The molecule has 3 aromatic carbocycles. The molecule has 188 valence electrons. The standard InChI is InChI=1S/C29H22N4O2S3/c1-3-18-31-26(35)24(28-30(2)21-16-10-11-17-22(21)37-28)38-27(31)23-25(34)33(20-14-8-5-9-15-20)29(36)32(23)19-12-6-4-7-13-19/h3-17H,1,18H2,2H3/b27-23-,28-24+. The lowest BCUT2D eigenvalue weighted by atomic mass is 10.3. The quantitative estimate of drug-likeness (QED) is 0.276. The van der Waals surface area contributed by atoms with E-state index in [4.69, 9.17) is 12.2 Å². The Kier molecular flexibility index (Phi) is 6.27. The van der Waals surface area contributed by atoms with Crippen LogP contribution in [0.25, 0.3) is 10.7 Å². The number of anilines is 3. The molecule has 3 heterocycles. The molecule has 0 spiro atoms. The molecule has 1 amide bonds. The Morgan fingerprint density at radius 1 is 0.868 bits per heavy atom. The number of thioether (sulfide) groups is 1. The lowest BCUT2D eigenvalue weighted by Crippen LogP contribution is -2.36. The number of carbonyl (C=O) groups is 1. The maximum Gasteiger partial charge on any atom is 0.284 e. The SMILES string of the molecule is C=CCn1c(=O)/c(=C2\Sc3ccccc3N2C)s/c1=C1/C(=O)N(c2ccccc2)C(=S)N1c1ccccc1. The van der Waals surface area contributed by atoms with Crippen LogP contribution in [0, 0.1) is 0 Å². The number of para-hydroxylation sites is 3. The van der Waals surface area contributed by atoms with E-state index in [2.05, 4.69) is 6.58 Å². The van der Waals surface area contributed by atoms with Crippen molar-refractivity contribution in [3.8, 4) is 0 Å². The molecule has 1 saturated heterocycles. The van der Waals surface area contributed by atoms with Gasteiger partial charge in [0.25, 0.3) is 11.5 Å². The highest BCUT2D eigenvalue weighted by Crippen LogP contribution is 2.45. The summed E-state index contributed by atoms with van der Waals surface area (Å²) in [5.74, 6) is -0.281. The van der Waals surface area contributed by atoms with Crippen LogP contribution in [0.5, 0.6) is 0 Å². The zero-order chi connectivity index (χ0) is 26.4. The summed E-state index contributed by atoms with van der Waals surface area (Å²) in [6, 6.07) is 26.9. The molecule has 1 fully saturated rings. The number of rotatable bonds is 4. The fourth-order valence-electron chi connectivity index (χ4n) is 4.61. The molecule has 38 heavy (non-hydrogen) atoms. The van der Waals surface area contributed by atoms with Crippen LogP contribution in [0.4, 0.5) is 17.1 Å². The van der Waals surface area contributed by atoms with Crippen molar-refractivity contribution in [3.63, 3.8) is 0 Å². The molecule has 6 rings (SSSR count). The van der Waals surface area contributed by atoms with Gasteiger partial charge in [0.15, 0.2) is 5.11 Å². The Hall–Kier alpha value is -3.92. The van der Waals surface area contributed by atoms with E-state index in [1.807, 2.05) is 96.9 Å². The Morgan fingerprint density at radius 2 is 1.47 bits per heavy atom. The summed E-state index contributed by atoms with van der Waals surface area (Å²) in [7, 11) is 1.96. The van der Waals surface area contributed by atoms with Gasteiger partial charge in [0.05, 0.1) is 11.4 Å². The number of benzene rings is 3. The van der Waals surface area contributed by atoms with Crippen molar-refractivity contribution in [2.75, 3.05) is 21.7 Å². The van der Waals surface area contributed by atoms with E-state index in [0.717, 1.165) is 21.3 Å². The van der Waals surface area contributed by atoms with Gasteiger partial charge in [-0.05, 0) is 48.6 Å². The fraction of sp³-hybridized carbons (Fsp3) is 0.0690. The van der Waals surface area contributed by atoms with Crippen LogP contribution in [-0.4, -0.2) is 22.6 Å². The summed E-state index contributed by atoms with van der Waals surface area (Å²) in [5, 5.41) is 1.17. The fourth-order valence-corrected chi connectivity index (χ4v) is 7.48. The maximum atomic E-state index is 14.1. The zero-order valence-corrected chi connectivity index (χ0v) is 22.9. The van der Waals surface area contributed by atoms with Crippen LogP contribution < -0.4 is 29.5 Å². The summed E-state index contributed by atoms with van der Waals surface area (Å²) >= 11 is 8.76. The smallest absolute Gasteiger partial charge is 0.284 e. The molecule has 0 bridgehead atoms. The molecule has 0 radical (unpaired) electrons. The lowest BCUT2D eigenvalue weighted by molar-refractivity contribution is -0.112. The minimum absolute atomic E-state index is 0.163. The van der Waals surface area contributed by atoms with Crippen molar-refractivity contribution in [1.82, 2.24) is 4.57 Å². The van der Waals surface area contributed by atoms with Crippen LogP contribution in [0.3, 0.4) is 0 Å². The molecule has 9 heteroatoms.